The summed E-state index contributed by atoms with van der Waals surface area (Å²) in [5.41, 5.74) is 0.439. The van der Waals surface area contributed by atoms with Gasteiger partial charge in [-0.25, -0.2) is 18.4 Å². The van der Waals surface area contributed by atoms with Gasteiger partial charge in [-0.2, -0.15) is 0 Å². The van der Waals surface area contributed by atoms with Crippen molar-refractivity contribution in [3.63, 3.8) is 0 Å². The number of hydrogen-bond donors (Lipinski definition) is 1. The van der Waals surface area contributed by atoms with Crippen LogP contribution in [0.4, 0.5) is 5.69 Å². The lowest BCUT2D eigenvalue weighted by Crippen LogP contribution is -2.10. The second kappa shape index (κ2) is 4.17. The van der Waals surface area contributed by atoms with Crippen molar-refractivity contribution in [3.8, 4) is 5.82 Å². The van der Waals surface area contributed by atoms with Crippen molar-refractivity contribution in [2.24, 2.45) is 0 Å². The van der Waals surface area contributed by atoms with E-state index in [9.17, 15) is 8.42 Å². The van der Waals surface area contributed by atoms with Crippen molar-refractivity contribution in [1.29, 1.82) is 0 Å². The van der Waals surface area contributed by atoms with E-state index in [2.05, 4.69) is 14.7 Å². The van der Waals surface area contributed by atoms with Crippen molar-refractivity contribution in [1.82, 2.24) is 14.5 Å². The lowest BCUT2D eigenvalue weighted by molar-refractivity contribution is 0.607. The minimum absolute atomic E-state index is 0.439. The molecule has 7 heteroatoms. The molecule has 17 heavy (non-hydrogen) atoms. The number of anilines is 1. The van der Waals surface area contributed by atoms with Crippen LogP contribution in [0.1, 0.15) is 5.82 Å². The summed E-state index contributed by atoms with van der Waals surface area (Å²) in [7, 11) is -3.26. The van der Waals surface area contributed by atoms with Crippen molar-refractivity contribution in [2.75, 3.05) is 11.0 Å². The van der Waals surface area contributed by atoms with Gasteiger partial charge < -0.3 is 0 Å². The minimum atomic E-state index is -3.26. The van der Waals surface area contributed by atoms with E-state index in [1.165, 1.54) is 6.20 Å². The monoisotopic (exact) mass is 252 g/mol. The summed E-state index contributed by atoms with van der Waals surface area (Å²) in [4.78, 5) is 8.25. The Labute approximate surface area is 99.4 Å². The predicted molar refractivity (Wildman–Crippen MR) is 64.6 cm³/mol. The number of nitrogens with zero attached hydrogens (tertiary/aromatic N) is 3. The first-order valence-electron chi connectivity index (χ1n) is 4.90. The molecule has 0 aliphatic heterocycles. The first-order chi connectivity index (χ1) is 7.96. The summed E-state index contributed by atoms with van der Waals surface area (Å²) >= 11 is 0. The van der Waals surface area contributed by atoms with E-state index < -0.39 is 10.0 Å². The molecule has 0 fully saturated rings. The Morgan fingerprint density at radius 2 is 2.06 bits per heavy atom. The molecule has 2 aromatic heterocycles. The Balaban J connectivity index is 2.28. The molecule has 90 valence electrons. The Morgan fingerprint density at radius 1 is 1.29 bits per heavy atom. The molecular weight excluding hydrogens is 240 g/mol. The standard InChI is InChI=1S/C10H12N4O2S/c1-8-11-5-6-14(8)10-4-3-9(7-12-10)13-17(2,15)16/h3-7,13H,1-2H3. The van der Waals surface area contributed by atoms with E-state index in [1.54, 1.807) is 24.5 Å². The molecule has 0 aliphatic carbocycles. The number of sulfonamides is 1. The number of aryl methyl sites for hydroxylation is 1. The van der Waals surface area contributed by atoms with Gasteiger partial charge in [0.2, 0.25) is 10.0 Å². The molecule has 0 atom stereocenters. The molecule has 1 N–H and O–H groups in total. The minimum Gasteiger partial charge on any atom is -0.288 e. The molecule has 0 radical (unpaired) electrons. The largest absolute Gasteiger partial charge is 0.288 e. The van der Waals surface area contributed by atoms with Gasteiger partial charge in [-0.15, -0.1) is 0 Å². The lowest BCUT2D eigenvalue weighted by atomic mass is 10.4. The average molecular weight is 252 g/mol. The summed E-state index contributed by atoms with van der Waals surface area (Å²) in [6.45, 7) is 1.87. The molecule has 2 aromatic rings. The molecular formula is C10H12N4O2S. The Kier molecular flexibility index (Phi) is 2.84. The lowest BCUT2D eigenvalue weighted by Gasteiger charge is -2.06. The maximum Gasteiger partial charge on any atom is 0.229 e. The van der Waals surface area contributed by atoms with Crippen LogP contribution in [0.15, 0.2) is 30.7 Å². The maximum atomic E-state index is 11.0. The SMILES string of the molecule is Cc1nccn1-c1ccc(NS(C)(=O)=O)cn1. The molecule has 0 aromatic carbocycles. The van der Waals surface area contributed by atoms with Crippen LogP contribution >= 0.6 is 0 Å². The van der Waals surface area contributed by atoms with Gasteiger partial charge in [0, 0.05) is 12.4 Å². The number of aromatic nitrogens is 3. The number of hydrogen-bond acceptors (Lipinski definition) is 4. The van der Waals surface area contributed by atoms with Crippen molar-refractivity contribution < 1.29 is 8.42 Å². The van der Waals surface area contributed by atoms with Gasteiger partial charge in [-0.05, 0) is 19.1 Å². The van der Waals surface area contributed by atoms with Crippen molar-refractivity contribution >= 4 is 15.7 Å². The second-order valence-electron chi connectivity index (χ2n) is 3.62. The zero-order valence-electron chi connectivity index (χ0n) is 9.45. The predicted octanol–water partition coefficient (Wildman–Crippen LogP) is 0.947. The molecule has 2 heterocycles. The summed E-state index contributed by atoms with van der Waals surface area (Å²) in [6.07, 6.45) is 6.04. The van der Waals surface area contributed by atoms with Gasteiger partial charge in [-0.3, -0.25) is 9.29 Å². The van der Waals surface area contributed by atoms with Crippen LogP contribution in [0.3, 0.4) is 0 Å². The molecule has 0 unspecified atom stereocenters. The molecule has 0 bridgehead atoms. The fourth-order valence-corrected chi connectivity index (χ4v) is 1.97. The fraction of sp³-hybridized carbons (Fsp3) is 0.200. The van der Waals surface area contributed by atoms with Crippen LogP contribution in [0.5, 0.6) is 0 Å². The molecule has 0 aliphatic rings. The number of nitrogens with one attached hydrogen (secondary N) is 1. The quantitative estimate of drug-likeness (QED) is 0.882. The zero-order valence-corrected chi connectivity index (χ0v) is 10.3. The van der Waals surface area contributed by atoms with Gasteiger partial charge in [-0.1, -0.05) is 0 Å². The third kappa shape index (κ3) is 2.82. The van der Waals surface area contributed by atoms with Crippen LogP contribution in [0.2, 0.25) is 0 Å². The summed E-state index contributed by atoms with van der Waals surface area (Å²) in [5.74, 6) is 1.51. The van der Waals surface area contributed by atoms with Gasteiger partial charge in [0.25, 0.3) is 0 Å². The second-order valence-corrected chi connectivity index (χ2v) is 5.37. The van der Waals surface area contributed by atoms with Crippen LogP contribution in [0.25, 0.3) is 5.82 Å². The summed E-state index contributed by atoms with van der Waals surface area (Å²) in [6, 6.07) is 3.38. The van der Waals surface area contributed by atoms with Crippen molar-refractivity contribution in [3.05, 3.63) is 36.5 Å². The average Bonchev–Trinajstić information content (AvgIpc) is 2.63. The highest BCUT2D eigenvalue weighted by atomic mass is 32.2. The summed E-state index contributed by atoms with van der Waals surface area (Å²) in [5, 5.41) is 0. The molecule has 2 rings (SSSR count). The number of pyridine rings is 1. The Hall–Kier alpha value is -1.89. The van der Waals surface area contributed by atoms with E-state index in [0.717, 1.165) is 12.1 Å². The van der Waals surface area contributed by atoms with Gasteiger partial charge in [0.1, 0.15) is 11.6 Å². The van der Waals surface area contributed by atoms with E-state index in [1.807, 2.05) is 11.5 Å². The topological polar surface area (TPSA) is 76.9 Å². The highest BCUT2D eigenvalue weighted by molar-refractivity contribution is 7.92. The van der Waals surface area contributed by atoms with Crippen molar-refractivity contribution in [2.45, 2.75) is 6.92 Å². The molecule has 6 nitrogen and oxygen atoms in total. The number of imidazole rings is 1. The van der Waals surface area contributed by atoms with Crippen LogP contribution in [-0.2, 0) is 10.0 Å². The van der Waals surface area contributed by atoms with Gasteiger partial charge in [0.15, 0.2) is 0 Å². The van der Waals surface area contributed by atoms with Gasteiger partial charge >= 0.3 is 0 Å². The first kappa shape index (κ1) is 11.6. The third-order valence-electron chi connectivity index (χ3n) is 2.12. The van der Waals surface area contributed by atoms with E-state index in [0.29, 0.717) is 11.5 Å². The maximum absolute atomic E-state index is 11.0. The molecule has 0 saturated carbocycles. The van der Waals surface area contributed by atoms with Crippen LogP contribution < -0.4 is 4.72 Å². The first-order valence-corrected chi connectivity index (χ1v) is 6.79. The molecule has 0 amide bonds. The normalized spacial score (nSPS) is 11.4. The van der Waals surface area contributed by atoms with Crippen LogP contribution in [0, 0.1) is 6.92 Å². The Bertz CT molecular complexity index is 616. The number of rotatable bonds is 3. The zero-order chi connectivity index (χ0) is 12.5. The van der Waals surface area contributed by atoms with Gasteiger partial charge in [0.05, 0.1) is 18.1 Å². The Morgan fingerprint density at radius 3 is 2.53 bits per heavy atom. The highest BCUT2D eigenvalue weighted by Crippen LogP contribution is 2.12. The highest BCUT2D eigenvalue weighted by Gasteiger charge is 2.04. The van der Waals surface area contributed by atoms with E-state index in [-0.39, 0.29) is 0 Å². The van der Waals surface area contributed by atoms with Crippen LogP contribution in [-0.4, -0.2) is 29.2 Å². The fourth-order valence-electron chi connectivity index (χ4n) is 1.42. The van der Waals surface area contributed by atoms with E-state index >= 15 is 0 Å². The molecule has 0 spiro atoms. The van der Waals surface area contributed by atoms with E-state index in [4.69, 9.17) is 0 Å². The summed E-state index contributed by atoms with van der Waals surface area (Å²) < 4.78 is 26.2. The third-order valence-corrected chi connectivity index (χ3v) is 2.73. The molecule has 0 saturated heterocycles. The smallest absolute Gasteiger partial charge is 0.229 e.